The minimum absolute atomic E-state index is 0.0289. The lowest BCUT2D eigenvalue weighted by Crippen LogP contribution is -2.50. The van der Waals surface area contributed by atoms with Crippen LogP contribution in [0.15, 0.2) is 54.6 Å². The third-order valence-electron chi connectivity index (χ3n) is 5.56. The first-order valence-corrected chi connectivity index (χ1v) is 9.95. The van der Waals surface area contributed by atoms with Crippen molar-refractivity contribution in [2.24, 2.45) is 0 Å². The van der Waals surface area contributed by atoms with Crippen LogP contribution in [0.5, 0.6) is 0 Å². The highest BCUT2D eigenvalue weighted by molar-refractivity contribution is 5.77. The molecule has 3 rings (SSSR count). The normalized spacial score (nSPS) is 21.8. The highest BCUT2D eigenvalue weighted by atomic mass is 16.3. The molecule has 1 saturated heterocycles. The molecule has 2 atom stereocenters. The van der Waals surface area contributed by atoms with Crippen LogP contribution in [0.2, 0.25) is 0 Å². The molecule has 0 aromatic heterocycles. The first-order valence-electron chi connectivity index (χ1n) is 9.95. The summed E-state index contributed by atoms with van der Waals surface area (Å²) in [7, 11) is 0. The molecule has 0 radical (unpaired) electrons. The highest BCUT2D eigenvalue weighted by Gasteiger charge is 2.45. The van der Waals surface area contributed by atoms with Crippen molar-refractivity contribution in [2.75, 3.05) is 26.2 Å². The maximum absolute atomic E-state index is 12.5. The summed E-state index contributed by atoms with van der Waals surface area (Å²) in [5.41, 5.74) is 2.34. The van der Waals surface area contributed by atoms with Crippen LogP contribution in [0, 0.1) is 6.92 Å². The number of β-amino-alcohol motifs (C(OH)–C–C–N with tert-alkyl or cyclic N) is 2. The zero-order chi connectivity index (χ0) is 20.0. The fraction of sp³-hybridized carbons (Fsp3) is 0.435. The third-order valence-corrected chi connectivity index (χ3v) is 5.56. The van der Waals surface area contributed by atoms with E-state index in [4.69, 9.17) is 0 Å². The Kier molecular flexibility index (Phi) is 6.83. The van der Waals surface area contributed by atoms with E-state index in [9.17, 15) is 15.0 Å². The van der Waals surface area contributed by atoms with Crippen molar-refractivity contribution in [2.45, 2.75) is 37.9 Å². The first kappa shape index (κ1) is 20.5. The van der Waals surface area contributed by atoms with Crippen molar-refractivity contribution in [3.8, 4) is 0 Å². The number of hydrogen-bond acceptors (Lipinski definition) is 4. The average molecular weight is 383 g/mol. The Hall–Kier alpha value is -2.21. The van der Waals surface area contributed by atoms with Crippen LogP contribution >= 0.6 is 0 Å². The van der Waals surface area contributed by atoms with Gasteiger partial charge in [-0.05, 0) is 43.0 Å². The number of aliphatic hydroxyl groups excluding tert-OH is 1. The van der Waals surface area contributed by atoms with Gasteiger partial charge in [0.2, 0.25) is 5.91 Å². The van der Waals surface area contributed by atoms with E-state index in [1.165, 1.54) is 11.1 Å². The van der Waals surface area contributed by atoms with Crippen LogP contribution in [0.4, 0.5) is 0 Å². The molecule has 2 aromatic rings. The highest BCUT2D eigenvalue weighted by Crippen LogP contribution is 2.22. The van der Waals surface area contributed by atoms with E-state index in [0.717, 1.165) is 12.0 Å². The van der Waals surface area contributed by atoms with Gasteiger partial charge >= 0.3 is 0 Å². The molecule has 1 heterocycles. The summed E-state index contributed by atoms with van der Waals surface area (Å²) in [6.07, 6.45) is 0.977. The Labute approximate surface area is 167 Å². The predicted octanol–water partition coefficient (Wildman–Crippen LogP) is 1.69. The number of nitrogens with zero attached hydrogens (tertiary/aromatic N) is 1. The number of amides is 1. The maximum Gasteiger partial charge on any atom is 0.223 e. The second-order valence-corrected chi connectivity index (χ2v) is 7.73. The summed E-state index contributed by atoms with van der Waals surface area (Å²) in [5.74, 6) is -0.0289. The van der Waals surface area contributed by atoms with Crippen LogP contribution in [0.3, 0.4) is 0 Å². The smallest absolute Gasteiger partial charge is 0.223 e. The van der Waals surface area contributed by atoms with Crippen molar-refractivity contribution in [1.82, 2.24) is 10.2 Å². The molecule has 5 nitrogen and oxygen atoms in total. The standard InChI is InChI=1S/C23H30N2O3/c1-18-7-5-6-10-20(18)13-14-24-16-23(28)17-25(15-21(23)26)22(27)12-11-19-8-3-2-4-9-19/h2-10,21,24,26,28H,11-17H2,1H3/t21-,23+/m1/s1. The molecule has 2 aromatic carbocycles. The SMILES string of the molecule is Cc1ccccc1CCNC[C@]1(O)CN(C(=O)CCc2ccccc2)C[C@H]1O. The summed E-state index contributed by atoms with van der Waals surface area (Å²) < 4.78 is 0. The molecule has 1 amide bonds. The van der Waals surface area contributed by atoms with E-state index >= 15 is 0 Å². The number of carbonyl (C=O) groups is 1. The van der Waals surface area contributed by atoms with Gasteiger partial charge in [-0.15, -0.1) is 0 Å². The van der Waals surface area contributed by atoms with Gasteiger partial charge < -0.3 is 20.4 Å². The fourth-order valence-corrected chi connectivity index (χ4v) is 3.72. The number of rotatable bonds is 8. The van der Waals surface area contributed by atoms with E-state index in [1.807, 2.05) is 42.5 Å². The van der Waals surface area contributed by atoms with Gasteiger partial charge in [-0.25, -0.2) is 0 Å². The molecule has 0 bridgehead atoms. The van der Waals surface area contributed by atoms with Gasteiger partial charge in [0, 0.05) is 19.5 Å². The molecule has 0 spiro atoms. The first-order chi connectivity index (χ1) is 13.5. The lowest BCUT2D eigenvalue weighted by atomic mass is 10.0. The van der Waals surface area contributed by atoms with E-state index in [-0.39, 0.29) is 25.5 Å². The Balaban J connectivity index is 1.45. The summed E-state index contributed by atoms with van der Waals surface area (Å²) in [6.45, 7) is 3.41. The lowest BCUT2D eigenvalue weighted by molar-refractivity contribution is -0.131. The molecule has 0 unspecified atom stereocenters. The van der Waals surface area contributed by atoms with Crippen molar-refractivity contribution in [1.29, 1.82) is 0 Å². The Bertz CT molecular complexity index is 780. The fourth-order valence-electron chi connectivity index (χ4n) is 3.72. The second-order valence-electron chi connectivity index (χ2n) is 7.73. The quantitative estimate of drug-likeness (QED) is 0.608. The number of carbonyl (C=O) groups excluding carboxylic acids is 1. The van der Waals surface area contributed by atoms with Crippen LogP contribution in [-0.4, -0.2) is 58.9 Å². The molecular formula is C23H30N2O3. The zero-order valence-electron chi connectivity index (χ0n) is 16.5. The van der Waals surface area contributed by atoms with Crippen molar-refractivity contribution in [3.63, 3.8) is 0 Å². The number of aliphatic hydroxyl groups is 2. The van der Waals surface area contributed by atoms with Gasteiger partial charge in [-0.1, -0.05) is 54.6 Å². The van der Waals surface area contributed by atoms with Crippen LogP contribution in [0.1, 0.15) is 23.1 Å². The molecule has 1 aliphatic heterocycles. The minimum atomic E-state index is -1.30. The predicted molar refractivity (Wildman–Crippen MR) is 110 cm³/mol. The lowest BCUT2D eigenvalue weighted by Gasteiger charge is -2.26. The number of benzene rings is 2. The monoisotopic (exact) mass is 382 g/mol. The molecule has 3 N–H and O–H groups in total. The Morgan fingerprint density at radius 1 is 1.14 bits per heavy atom. The Morgan fingerprint density at radius 3 is 2.61 bits per heavy atom. The van der Waals surface area contributed by atoms with Gasteiger partial charge in [0.15, 0.2) is 0 Å². The molecule has 0 aliphatic carbocycles. The average Bonchev–Trinajstić information content (AvgIpc) is 3.00. The number of aryl methyl sites for hydroxylation is 2. The van der Waals surface area contributed by atoms with Gasteiger partial charge in [0.25, 0.3) is 0 Å². The van der Waals surface area contributed by atoms with Crippen LogP contribution < -0.4 is 5.32 Å². The van der Waals surface area contributed by atoms with E-state index < -0.39 is 11.7 Å². The molecule has 1 fully saturated rings. The summed E-state index contributed by atoms with van der Waals surface area (Å²) in [4.78, 5) is 14.1. The van der Waals surface area contributed by atoms with Crippen molar-refractivity contribution >= 4 is 5.91 Å². The molecular weight excluding hydrogens is 352 g/mol. The van der Waals surface area contributed by atoms with Gasteiger partial charge in [-0.3, -0.25) is 4.79 Å². The molecule has 150 valence electrons. The largest absolute Gasteiger partial charge is 0.388 e. The van der Waals surface area contributed by atoms with Crippen molar-refractivity contribution in [3.05, 3.63) is 71.3 Å². The molecule has 5 heteroatoms. The van der Waals surface area contributed by atoms with Crippen LogP contribution in [0.25, 0.3) is 0 Å². The molecule has 28 heavy (non-hydrogen) atoms. The van der Waals surface area contributed by atoms with Crippen molar-refractivity contribution < 1.29 is 15.0 Å². The maximum atomic E-state index is 12.5. The van der Waals surface area contributed by atoms with E-state index in [1.54, 1.807) is 4.90 Å². The number of hydrogen-bond donors (Lipinski definition) is 3. The summed E-state index contributed by atoms with van der Waals surface area (Å²) in [6, 6.07) is 18.1. The molecule has 0 saturated carbocycles. The van der Waals surface area contributed by atoms with Gasteiger partial charge in [-0.2, -0.15) is 0 Å². The summed E-state index contributed by atoms with van der Waals surface area (Å²) in [5, 5.41) is 24.4. The second kappa shape index (κ2) is 9.32. The van der Waals surface area contributed by atoms with E-state index in [2.05, 4.69) is 24.4 Å². The number of nitrogens with one attached hydrogen (secondary N) is 1. The Morgan fingerprint density at radius 2 is 1.86 bits per heavy atom. The number of likely N-dealkylation sites (tertiary alicyclic amines) is 1. The zero-order valence-corrected chi connectivity index (χ0v) is 16.5. The van der Waals surface area contributed by atoms with Gasteiger partial charge in [0.05, 0.1) is 6.54 Å². The van der Waals surface area contributed by atoms with Crippen LogP contribution in [-0.2, 0) is 17.6 Å². The molecule has 1 aliphatic rings. The van der Waals surface area contributed by atoms with E-state index in [0.29, 0.717) is 19.4 Å². The third kappa shape index (κ3) is 5.19. The summed E-state index contributed by atoms with van der Waals surface area (Å²) >= 11 is 0. The topological polar surface area (TPSA) is 72.8 Å². The van der Waals surface area contributed by atoms with Gasteiger partial charge in [0.1, 0.15) is 11.7 Å². The minimum Gasteiger partial charge on any atom is -0.388 e.